The second-order valence-corrected chi connectivity index (χ2v) is 5.74. The number of rotatable bonds is 9. The van der Waals surface area contributed by atoms with Crippen LogP contribution in [-0.4, -0.2) is 24.5 Å². The molecule has 0 radical (unpaired) electrons. The van der Waals surface area contributed by atoms with Gasteiger partial charge in [-0.2, -0.15) is 0 Å². The number of carbonyl (C=O) groups excluding carboxylic acids is 1. The normalized spacial score (nSPS) is 11.5. The molecule has 2 N–H and O–H groups in total. The Balaban J connectivity index is 3.25. The summed E-state index contributed by atoms with van der Waals surface area (Å²) < 4.78 is 0. The highest BCUT2D eigenvalue weighted by Gasteiger charge is 2.12. The average Bonchev–Trinajstić information content (AvgIpc) is 2.19. The van der Waals surface area contributed by atoms with Crippen LogP contribution in [0.2, 0.25) is 0 Å². The topological polar surface area (TPSA) is 41.1 Å². The summed E-state index contributed by atoms with van der Waals surface area (Å²) in [5, 5.41) is 6.12. The third-order valence-electron chi connectivity index (χ3n) is 2.51. The molecule has 0 rings (SSSR count). The van der Waals surface area contributed by atoms with Crippen molar-refractivity contribution in [1.29, 1.82) is 0 Å². The summed E-state index contributed by atoms with van der Waals surface area (Å²) in [5.41, 5.74) is -0.126. The maximum atomic E-state index is 11.5. The zero-order valence-corrected chi connectivity index (χ0v) is 12.1. The van der Waals surface area contributed by atoms with Crippen molar-refractivity contribution in [3.05, 3.63) is 0 Å². The molecule has 0 saturated heterocycles. The third-order valence-corrected chi connectivity index (χ3v) is 2.51. The molecule has 0 heterocycles. The molecule has 0 aromatic carbocycles. The summed E-state index contributed by atoms with van der Waals surface area (Å²) in [6.45, 7) is 9.61. The maximum Gasteiger partial charge on any atom is 0.234 e. The lowest BCUT2D eigenvalue weighted by Gasteiger charge is -2.20. The van der Waals surface area contributed by atoms with Crippen molar-refractivity contribution in [3.8, 4) is 0 Å². The van der Waals surface area contributed by atoms with E-state index in [0.29, 0.717) is 6.54 Å². The summed E-state index contributed by atoms with van der Waals surface area (Å²) in [6, 6.07) is 0. The maximum absolute atomic E-state index is 11.5. The first-order chi connectivity index (χ1) is 7.95. The van der Waals surface area contributed by atoms with Crippen LogP contribution in [0.5, 0.6) is 0 Å². The quantitative estimate of drug-likeness (QED) is 0.610. The molecule has 0 spiro atoms. The Kier molecular flexibility index (Phi) is 9.14. The van der Waals surface area contributed by atoms with E-state index in [1.807, 2.05) is 20.8 Å². The number of hydrogen-bond donors (Lipinski definition) is 2. The van der Waals surface area contributed by atoms with Crippen LogP contribution in [0.3, 0.4) is 0 Å². The van der Waals surface area contributed by atoms with Gasteiger partial charge < -0.3 is 10.6 Å². The van der Waals surface area contributed by atoms with Crippen molar-refractivity contribution in [1.82, 2.24) is 10.6 Å². The van der Waals surface area contributed by atoms with Crippen molar-refractivity contribution in [2.24, 2.45) is 0 Å². The lowest BCUT2D eigenvalue weighted by Crippen LogP contribution is -2.44. The Morgan fingerprint density at radius 1 is 1.00 bits per heavy atom. The zero-order valence-electron chi connectivity index (χ0n) is 12.1. The van der Waals surface area contributed by atoms with E-state index in [4.69, 9.17) is 0 Å². The summed E-state index contributed by atoms with van der Waals surface area (Å²) in [7, 11) is 0. The van der Waals surface area contributed by atoms with E-state index >= 15 is 0 Å². The number of unbranched alkanes of at least 4 members (excludes halogenated alkanes) is 5. The predicted octanol–water partition coefficient (Wildman–Crippen LogP) is 2.85. The van der Waals surface area contributed by atoms with E-state index < -0.39 is 0 Å². The molecule has 17 heavy (non-hydrogen) atoms. The van der Waals surface area contributed by atoms with E-state index in [1.165, 1.54) is 38.5 Å². The largest absolute Gasteiger partial charge is 0.350 e. The van der Waals surface area contributed by atoms with Gasteiger partial charge in [-0.05, 0) is 33.7 Å². The SMILES string of the molecule is CCCCCCCCNCC(=O)NC(C)(C)C. The van der Waals surface area contributed by atoms with Gasteiger partial charge in [0.15, 0.2) is 0 Å². The lowest BCUT2D eigenvalue weighted by molar-refractivity contribution is -0.121. The molecule has 0 fully saturated rings. The Hall–Kier alpha value is -0.570. The first-order valence-electron chi connectivity index (χ1n) is 6.97. The number of amides is 1. The number of nitrogens with one attached hydrogen (secondary N) is 2. The van der Waals surface area contributed by atoms with Crippen LogP contribution in [0.25, 0.3) is 0 Å². The third kappa shape index (κ3) is 13.4. The lowest BCUT2D eigenvalue weighted by atomic mass is 10.1. The van der Waals surface area contributed by atoms with Crippen molar-refractivity contribution in [3.63, 3.8) is 0 Å². The van der Waals surface area contributed by atoms with Gasteiger partial charge in [-0.25, -0.2) is 0 Å². The van der Waals surface area contributed by atoms with Gasteiger partial charge in [0.2, 0.25) is 5.91 Å². The van der Waals surface area contributed by atoms with Gasteiger partial charge in [0.1, 0.15) is 0 Å². The Labute approximate surface area is 107 Å². The van der Waals surface area contributed by atoms with Crippen LogP contribution < -0.4 is 10.6 Å². The standard InChI is InChI=1S/C14H30N2O/c1-5-6-7-8-9-10-11-15-12-13(17)16-14(2,3)4/h15H,5-12H2,1-4H3,(H,16,17). The zero-order chi connectivity index (χ0) is 13.1. The fourth-order valence-electron chi connectivity index (χ4n) is 1.69. The minimum absolute atomic E-state index is 0.0866. The molecule has 3 heteroatoms. The van der Waals surface area contributed by atoms with Gasteiger partial charge in [0, 0.05) is 5.54 Å². The molecular formula is C14H30N2O. The molecule has 0 aromatic rings. The van der Waals surface area contributed by atoms with Crippen LogP contribution in [0.4, 0.5) is 0 Å². The van der Waals surface area contributed by atoms with Crippen LogP contribution in [0, 0.1) is 0 Å². The molecule has 0 unspecified atom stereocenters. The fraction of sp³-hybridized carbons (Fsp3) is 0.929. The van der Waals surface area contributed by atoms with E-state index in [9.17, 15) is 4.79 Å². The predicted molar refractivity (Wildman–Crippen MR) is 74.1 cm³/mol. The molecule has 0 aliphatic carbocycles. The van der Waals surface area contributed by atoms with Gasteiger partial charge in [0.25, 0.3) is 0 Å². The monoisotopic (exact) mass is 242 g/mol. The highest BCUT2D eigenvalue weighted by atomic mass is 16.2. The molecule has 0 aliphatic heterocycles. The van der Waals surface area contributed by atoms with Crippen molar-refractivity contribution >= 4 is 5.91 Å². The van der Waals surface area contributed by atoms with Crippen LogP contribution in [0.15, 0.2) is 0 Å². The first-order valence-corrected chi connectivity index (χ1v) is 6.97. The fourth-order valence-corrected chi connectivity index (χ4v) is 1.69. The summed E-state index contributed by atoms with van der Waals surface area (Å²) in [6.07, 6.45) is 7.76. The van der Waals surface area contributed by atoms with Crippen LogP contribution in [-0.2, 0) is 4.79 Å². The Morgan fingerprint density at radius 3 is 2.18 bits per heavy atom. The minimum Gasteiger partial charge on any atom is -0.350 e. The Morgan fingerprint density at radius 2 is 1.59 bits per heavy atom. The number of hydrogen-bond acceptors (Lipinski definition) is 2. The van der Waals surface area contributed by atoms with Crippen LogP contribution in [0.1, 0.15) is 66.2 Å². The van der Waals surface area contributed by atoms with Crippen molar-refractivity contribution in [2.45, 2.75) is 71.8 Å². The minimum atomic E-state index is -0.126. The van der Waals surface area contributed by atoms with E-state index in [-0.39, 0.29) is 11.4 Å². The van der Waals surface area contributed by atoms with E-state index in [0.717, 1.165) is 6.54 Å². The van der Waals surface area contributed by atoms with Gasteiger partial charge in [-0.3, -0.25) is 4.79 Å². The second-order valence-electron chi connectivity index (χ2n) is 5.74. The molecule has 0 aromatic heterocycles. The van der Waals surface area contributed by atoms with Crippen LogP contribution >= 0.6 is 0 Å². The van der Waals surface area contributed by atoms with Gasteiger partial charge in [-0.1, -0.05) is 39.0 Å². The summed E-state index contributed by atoms with van der Waals surface area (Å²) in [5.74, 6) is 0.0866. The highest BCUT2D eigenvalue weighted by Crippen LogP contribution is 2.04. The van der Waals surface area contributed by atoms with Crippen molar-refractivity contribution in [2.75, 3.05) is 13.1 Å². The molecule has 1 amide bonds. The van der Waals surface area contributed by atoms with Crippen molar-refractivity contribution < 1.29 is 4.79 Å². The second kappa shape index (κ2) is 9.46. The highest BCUT2D eigenvalue weighted by molar-refractivity contribution is 5.78. The summed E-state index contributed by atoms with van der Waals surface area (Å²) >= 11 is 0. The van der Waals surface area contributed by atoms with E-state index in [1.54, 1.807) is 0 Å². The first kappa shape index (κ1) is 16.4. The molecule has 0 bridgehead atoms. The van der Waals surface area contributed by atoms with Gasteiger partial charge in [-0.15, -0.1) is 0 Å². The van der Waals surface area contributed by atoms with Gasteiger partial charge in [0.05, 0.1) is 6.54 Å². The molecule has 102 valence electrons. The molecule has 0 saturated carbocycles. The molecule has 3 nitrogen and oxygen atoms in total. The number of carbonyl (C=O) groups is 1. The molecule has 0 atom stereocenters. The molecule has 0 aliphatic rings. The summed E-state index contributed by atoms with van der Waals surface area (Å²) in [4.78, 5) is 11.5. The van der Waals surface area contributed by atoms with Gasteiger partial charge >= 0.3 is 0 Å². The Bertz CT molecular complexity index is 197. The molecular weight excluding hydrogens is 212 g/mol. The smallest absolute Gasteiger partial charge is 0.234 e. The average molecular weight is 242 g/mol. The van der Waals surface area contributed by atoms with E-state index in [2.05, 4.69) is 17.6 Å².